The van der Waals surface area contributed by atoms with E-state index in [0.29, 0.717) is 21.3 Å². The van der Waals surface area contributed by atoms with Gasteiger partial charge in [0.25, 0.3) is 0 Å². The molecule has 104 valence electrons. The molecular weight excluding hydrogens is 302 g/mol. The van der Waals surface area contributed by atoms with E-state index in [4.69, 9.17) is 28.9 Å². The lowest BCUT2D eigenvalue weighted by Gasteiger charge is -2.18. The maximum Gasteiger partial charge on any atom is 0.244 e. The number of hydrogen-bond donors (Lipinski definition) is 2. The van der Waals surface area contributed by atoms with Crippen LogP contribution < -0.4 is 11.1 Å². The molecule has 0 heterocycles. The average molecular weight is 313 g/mol. The first-order valence-electron chi connectivity index (χ1n) is 5.74. The molecule has 3 N–H and O–H groups in total. The molecule has 0 radical (unpaired) electrons. The van der Waals surface area contributed by atoms with Crippen LogP contribution >= 0.6 is 23.2 Å². The largest absolute Gasteiger partial charge is 0.370 e. The summed E-state index contributed by atoms with van der Waals surface area (Å²) in [7, 11) is 0. The highest BCUT2D eigenvalue weighted by Crippen LogP contribution is 2.28. The van der Waals surface area contributed by atoms with Gasteiger partial charge in [0, 0.05) is 21.3 Å². The van der Waals surface area contributed by atoms with Crippen molar-refractivity contribution in [1.82, 2.24) is 0 Å². The molecule has 0 saturated carbocycles. The van der Waals surface area contributed by atoms with Gasteiger partial charge >= 0.3 is 0 Å². The molecule has 1 amide bonds. The second-order valence-electron chi connectivity index (χ2n) is 4.15. The number of anilines is 1. The monoisotopic (exact) mass is 312 g/mol. The first kappa shape index (κ1) is 14.6. The van der Waals surface area contributed by atoms with Crippen LogP contribution in [0.3, 0.4) is 0 Å². The number of rotatable bonds is 4. The Hall–Kier alpha value is -1.78. The number of benzene rings is 2. The molecule has 20 heavy (non-hydrogen) atoms. The molecule has 2 aromatic rings. The van der Waals surface area contributed by atoms with Crippen LogP contribution in [0.1, 0.15) is 11.6 Å². The second-order valence-corrected chi connectivity index (χ2v) is 5.00. The molecule has 6 heteroatoms. The predicted octanol–water partition coefficient (Wildman–Crippen LogP) is 3.77. The smallest absolute Gasteiger partial charge is 0.244 e. The number of primary amides is 1. The topological polar surface area (TPSA) is 55.1 Å². The van der Waals surface area contributed by atoms with Crippen LogP contribution in [-0.2, 0) is 4.79 Å². The predicted molar refractivity (Wildman–Crippen MR) is 78.4 cm³/mol. The zero-order valence-corrected chi connectivity index (χ0v) is 11.8. The average Bonchev–Trinajstić information content (AvgIpc) is 2.41. The van der Waals surface area contributed by atoms with E-state index >= 15 is 0 Å². The highest BCUT2D eigenvalue weighted by molar-refractivity contribution is 6.33. The lowest BCUT2D eigenvalue weighted by Crippen LogP contribution is -2.28. The Bertz CT molecular complexity index is 632. The fraction of sp³-hybridized carbons (Fsp3) is 0.0714. The number of nitrogens with one attached hydrogen (secondary N) is 1. The summed E-state index contributed by atoms with van der Waals surface area (Å²) in [6.45, 7) is 0. The molecule has 1 atom stereocenters. The van der Waals surface area contributed by atoms with Crippen molar-refractivity contribution in [1.29, 1.82) is 0 Å². The maximum absolute atomic E-state index is 12.9. The Morgan fingerprint density at radius 2 is 1.80 bits per heavy atom. The van der Waals surface area contributed by atoms with E-state index in [2.05, 4.69) is 5.32 Å². The molecule has 3 nitrogen and oxygen atoms in total. The Balaban J connectivity index is 2.34. The van der Waals surface area contributed by atoms with E-state index in [-0.39, 0.29) is 5.82 Å². The van der Waals surface area contributed by atoms with Crippen LogP contribution in [0.4, 0.5) is 10.1 Å². The molecule has 0 aromatic heterocycles. The molecule has 0 aliphatic rings. The summed E-state index contributed by atoms with van der Waals surface area (Å²) >= 11 is 12.0. The van der Waals surface area contributed by atoms with Crippen molar-refractivity contribution in [3.8, 4) is 0 Å². The third-order valence-corrected chi connectivity index (χ3v) is 3.29. The van der Waals surface area contributed by atoms with Gasteiger partial charge in [-0.25, -0.2) is 4.39 Å². The maximum atomic E-state index is 12.9. The number of halogens is 3. The molecule has 2 aromatic carbocycles. The van der Waals surface area contributed by atoms with Crippen LogP contribution in [0.5, 0.6) is 0 Å². The number of amides is 1. The van der Waals surface area contributed by atoms with Crippen LogP contribution in [0.25, 0.3) is 0 Å². The van der Waals surface area contributed by atoms with Gasteiger partial charge in [-0.15, -0.1) is 0 Å². The third-order valence-electron chi connectivity index (χ3n) is 2.71. The molecule has 2 rings (SSSR count). The third kappa shape index (κ3) is 3.40. The SMILES string of the molecule is NC(=O)C(Nc1ccc(F)cc1)c1cc(Cl)ccc1Cl. The Morgan fingerprint density at radius 1 is 1.15 bits per heavy atom. The van der Waals surface area contributed by atoms with Crippen molar-refractivity contribution in [3.63, 3.8) is 0 Å². The first-order valence-corrected chi connectivity index (χ1v) is 6.49. The molecule has 0 bridgehead atoms. The van der Waals surface area contributed by atoms with Crippen molar-refractivity contribution in [2.45, 2.75) is 6.04 Å². The zero-order chi connectivity index (χ0) is 14.7. The van der Waals surface area contributed by atoms with Gasteiger partial charge in [0.15, 0.2) is 0 Å². The van der Waals surface area contributed by atoms with Crippen LogP contribution in [-0.4, -0.2) is 5.91 Å². The Kier molecular flexibility index (Phi) is 4.47. The van der Waals surface area contributed by atoms with Crippen molar-refractivity contribution < 1.29 is 9.18 Å². The first-order chi connectivity index (χ1) is 9.47. The minimum absolute atomic E-state index is 0.368. The quantitative estimate of drug-likeness (QED) is 0.903. The summed E-state index contributed by atoms with van der Waals surface area (Å²) in [5.74, 6) is -0.981. The Morgan fingerprint density at radius 3 is 2.40 bits per heavy atom. The van der Waals surface area contributed by atoms with Gasteiger partial charge in [0.05, 0.1) is 0 Å². The molecule has 0 spiro atoms. The van der Waals surface area contributed by atoms with Gasteiger partial charge in [-0.2, -0.15) is 0 Å². The van der Waals surface area contributed by atoms with Crippen molar-refractivity contribution in [3.05, 3.63) is 63.9 Å². The Labute approximate surface area is 125 Å². The fourth-order valence-corrected chi connectivity index (χ4v) is 2.16. The van der Waals surface area contributed by atoms with Crippen molar-refractivity contribution in [2.75, 3.05) is 5.32 Å². The lowest BCUT2D eigenvalue weighted by molar-refractivity contribution is -0.118. The molecule has 0 aliphatic carbocycles. The number of nitrogens with two attached hydrogens (primary N) is 1. The lowest BCUT2D eigenvalue weighted by atomic mass is 10.1. The van der Waals surface area contributed by atoms with Gasteiger partial charge in [0.1, 0.15) is 11.9 Å². The summed E-state index contributed by atoms with van der Waals surface area (Å²) < 4.78 is 12.9. The number of carbonyl (C=O) groups excluding carboxylic acids is 1. The summed E-state index contributed by atoms with van der Waals surface area (Å²) in [5.41, 5.74) is 6.40. The van der Waals surface area contributed by atoms with Crippen LogP contribution in [0.15, 0.2) is 42.5 Å². The fourth-order valence-electron chi connectivity index (χ4n) is 1.75. The summed E-state index contributed by atoms with van der Waals surface area (Å²) in [6, 6.07) is 9.47. The van der Waals surface area contributed by atoms with Crippen molar-refractivity contribution in [2.24, 2.45) is 5.73 Å². The van der Waals surface area contributed by atoms with Crippen LogP contribution in [0.2, 0.25) is 10.0 Å². The second kappa shape index (κ2) is 6.11. The summed E-state index contributed by atoms with van der Waals surface area (Å²) in [4.78, 5) is 11.6. The van der Waals surface area contributed by atoms with Crippen molar-refractivity contribution >= 4 is 34.8 Å². The van der Waals surface area contributed by atoms with Gasteiger partial charge in [-0.3, -0.25) is 4.79 Å². The van der Waals surface area contributed by atoms with E-state index < -0.39 is 11.9 Å². The minimum atomic E-state index is -0.855. The number of hydrogen-bond acceptors (Lipinski definition) is 2. The molecule has 0 fully saturated rings. The molecular formula is C14H11Cl2FN2O. The highest BCUT2D eigenvalue weighted by Gasteiger charge is 2.20. The van der Waals surface area contributed by atoms with Gasteiger partial charge in [-0.05, 0) is 42.5 Å². The van der Waals surface area contributed by atoms with E-state index in [0.717, 1.165) is 0 Å². The van der Waals surface area contributed by atoms with E-state index in [9.17, 15) is 9.18 Å². The normalized spacial score (nSPS) is 11.9. The van der Waals surface area contributed by atoms with Crippen LogP contribution in [0, 0.1) is 5.82 Å². The molecule has 0 aliphatic heterocycles. The number of carbonyl (C=O) groups is 1. The van der Waals surface area contributed by atoms with E-state index in [1.165, 1.54) is 24.3 Å². The molecule has 0 saturated heterocycles. The van der Waals surface area contributed by atoms with E-state index in [1.807, 2.05) is 0 Å². The summed E-state index contributed by atoms with van der Waals surface area (Å²) in [5, 5.41) is 3.72. The summed E-state index contributed by atoms with van der Waals surface area (Å²) in [6.07, 6.45) is 0. The van der Waals surface area contributed by atoms with Gasteiger partial charge < -0.3 is 11.1 Å². The zero-order valence-electron chi connectivity index (χ0n) is 10.2. The highest BCUT2D eigenvalue weighted by atomic mass is 35.5. The standard InChI is InChI=1S/C14H11Cl2FN2O/c15-8-1-6-12(16)11(7-8)13(14(18)20)19-10-4-2-9(17)3-5-10/h1-7,13,19H,(H2,18,20). The minimum Gasteiger partial charge on any atom is -0.370 e. The van der Waals surface area contributed by atoms with Gasteiger partial charge in [-0.1, -0.05) is 23.2 Å². The van der Waals surface area contributed by atoms with Gasteiger partial charge in [0.2, 0.25) is 5.91 Å². The molecule has 1 unspecified atom stereocenters. The van der Waals surface area contributed by atoms with E-state index in [1.54, 1.807) is 18.2 Å².